The predicted molar refractivity (Wildman–Crippen MR) is 59.4 cm³/mol. The van der Waals surface area contributed by atoms with E-state index >= 15 is 0 Å². The summed E-state index contributed by atoms with van der Waals surface area (Å²) in [5.41, 5.74) is 1.19. The number of hydrogen-bond donors (Lipinski definition) is 1. The van der Waals surface area contributed by atoms with E-state index in [2.05, 4.69) is 12.1 Å². The van der Waals surface area contributed by atoms with Gasteiger partial charge in [0.15, 0.2) is 0 Å². The summed E-state index contributed by atoms with van der Waals surface area (Å²) in [7, 11) is 0. The van der Waals surface area contributed by atoms with Crippen LogP contribution in [0.15, 0.2) is 42.5 Å². The smallest absolute Gasteiger partial charge is 0.0727 e. The second-order valence-corrected chi connectivity index (χ2v) is 3.95. The van der Waals surface area contributed by atoms with E-state index in [1.807, 2.05) is 30.4 Å². The molecule has 0 saturated carbocycles. The maximum atomic E-state index is 9.27. The number of ether oxygens (including phenoxy) is 1. The monoisotopic (exact) mass is 204 g/mol. The van der Waals surface area contributed by atoms with Crippen molar-refractivity contribution in [3.8, 4) is 0 Å². The van der Waals surface area contributed by atoms with Crippen LogP contribution in [0.3, 0.4) is 0 Å². The summed E-state index contributed by atoms with van der Waals surface area (Å²) in [5.74, 6) is 0.378. The molecule has 0 aliphatic heterocycles. The lowest BCUT2D eigenvalue weighted by Gasteiger charge is -2.09. The van der Waals surface area contributed by atoms with E-state index in [0.29, 0.717) is 19.1 Å². The minimum Gasteiger partial charge on any atom is -0.389 e. The third kappa shape index (κ3) is 3.18. The van der Waals surface area contributed by atoms with Crippen LogP contribution in [0.1, 0.15) is 12.0 Å². The zero-order chi connectivity index (χ0) is 10.5. The maximum absolute atomic E-state index is 9.27. The quantitative estimate of drug-likeness (QED) is 0.761. The molecule has 2 nitrogen and oxygen atoms in total. The third-order valence-corrected chi connectivity index (χ3v) is 2.59. The molecule has 1 aliphatic rings. The maximum Gasteiger partial charge on any atom is 0.0727 e. The molecule has 0 aromatic heterocycles. The molecular weight excluding hydrogens is 188 g/mol. The molecule has 2 heteroatoms. The van der Waals surface area contributed by atoms with Crippen molar-refractivity contribution in [2.75, 3.05) is 6.61 Å². The lowest BCUT2D eigenvalue weighted by Crippen LogP contribution is -2.08. The van der Waals surface area contributed by atoms with Gasteiger partial charge in [0.25, 0.3) is 0 Å². The summed E-state index contributed by atoms with van der Waals surface area (Å²) in [6, 6.07) is 10.1. The topological polar surface area (TPSA) is 29.5 Å². The average molecular weight is 204 g/mol. The van der Waals surface area contributed by atoms with Gasteiger partial charge in [-0.1, -0.05) is 42.5 Å². The van der Waals surface area contributed by atoms with Gasteiger partial charge in [-0.05, 0) is 12.0 Å². The lowest BCUT2D eigenvalue weighted by molar-refractivity contribution is 0.0892. The molecule has 0 spiro atoms. The fraction of sp³-hybridized carbons (Fsp3) is 0.385. The van der Waals surface area contributed by atoms with Gasteiger partial charge >= 0.3 is 0 Å². The molecule has 0 radical (unpaired) electrons. The zero-order valence-corrected chi connectivity index (χ0v) is 8.67. The molecule has 0 saturated heterocycles. The Morgan fingerprint density at radius 2 is 2.00 bits per heavy atom. The highest BCUT2D eigenvalue weighted by atomic mass is 16.5. The first-order chi connectivity index (χ1) is 7.34. The van der Waals surface area contributed by atoms with Crippen LogP contribution >= 0.6 is 0 Å². The van der Waals surface area contributed by atoms with Crippen LogP contribution in [-0.2, 0) is 11.3 Å². The van der Waals surface area contributed by atoms with Gasteiger partial charge in [0, 0.05) is 5.92 Å². The number of aliphatic hydroxyl groups is 1. The van der Waals surface area contributed by atoms with Crippen molar-refractivity contribution in [1.29, 1.82) is 0 Å². The standard InChI is InChI=1S/C13H16O2/c14-13-7-6-12(8-13)10-15-9-11-4-2-1-3-5-11/h1-7,12-14H,8-10H2/t12-,13-/m0/s1. The number of rotatable bonds is 4. The Morgan fingerprint density at radius 3 is 2.67 bits per heavy atom. The van der Waals surface area contributed by atoms with Crippen LogP contribution in [0.25, 0.3) is 0 Å². The Balaban J connectivity index is 1.70. The molecule has 1 aliphatic carbocycles. The predicted octanol–water partition coefficient (Wildman–Crippen LogP) is 2.14. The molecule has 0 amide bonds. The van der Waals surface area contributed by atoms with Gasteiger partial charge in [0.05, 0.1) is 19.3 Å². The summed E-state index contributed by atoms with van der Waals surface area (Å²) < 4.78 is 5.59. The summed E-state index contributed by atoms with van der Waals surface area (Å²) in [6.07, 6.45) is 4.41. The highest BCUT2D eigenvalue weighted by Crippen LogP contribution is 2.18. The van der Waals surface area contributed by atoms with E-state index in [0.717, 1.165) is 6.42 Å². The Morgan fingerprint density at radius 1 is 1.20 bits per heavy atom. The normalized spacial score (nSPS) is 24.6. The highest BCUT2D eigenvalue weighted by molar-refractivity contribution is 5.13. The number of aliphatic hydroxyl groups excluding tert-OH is 1. The first-order valence-corrected chi connectivity index (χ1v) is 5.32. The second kappa shape index (κ2) is 5.10. The SMILES string of the molecule is O[C@H]1C=C[C@H](COCc2ccccc2)C1. The van der Waals surface area contributed by atoms with Crippen molar-refractivity contribution in [2.45, 2.75) is 19.1 Å². The van der Waals surface area contributed by atoms with Gasteiger partial charge in [0.1, 0.15) is 0 Å². The molecular formula is C13H16O2. The van der Waals surface area contributed by atoms with Gasteiger partial charge in [0.2, 0.25) is 0 Å². The van der Waals surface area contributed by atoms with Gasteiger partial charge in [-0.3, -0.25) is 0 Å². The lowest BCUT2D eigenvalue weighted by atomic mass is 10.1. The summed E-state index contributed by atoms with van der Waals surface area (Å²) in [6.45, 7) is 1.35. The number of hydrogen-bond acceptors (Lipinski definition) is 2. The Bertz CT molecular complexity index is 319. The first-order valence-electron chi connectivity index (χ1n) is 5.32. The first kappa shape index (κ1) is 10.4. The van der Waals surface area contributed by atoms with E-state index < -0.39 is 0 Å². The van der Waals surface area contributed by atoms with Crippen LogP contribution < -0.4 is 0 Å². The Kier molecular flexibility index (Phi) is 3.54. The van der Waals surface area contributed by atoms with Gasteiger partial charge in [-0.2, -0.15) is 0 Å². The van der Waals surface area contributed by atoms with E-state index in [9.17, 15) is 5.11 Å². The molecule has 15 heavy (non-hydrogen) atoms. The van der Waals surface area contributed by atoms with E-state index in [1.54, 1.807) is 0 Å². The molecule has 1 aromatic carbocycles. The Labute approximate surface area is 90.2 Å². The van der Waals surface area contributed by atoms with E-state index in [1.165, 1.54) is 5.56 Å². The van der Waals surface area contributed by atoms with Crippen molar-refractivity contribution in [2.24, 2.45) is 5.92 Å². The molecule has 1 aromatic rings. The molecule has 0 heterocycles. The highest BCUT2D eigenvalue weighted by Gasteiger charge is 2.16. The van der Waals surface area contributed by atoms with Crippen molar-refractivity contribution in [3.63, 3.8) is 0 Å². The summed E-state index contributed by atoms with van der Waals surface area (Å²) in [4.78, 5) is 0. The molecule has 80 valence electrons. The van der Waals surface area contributed by atoms with Crippen molar-refractivity contribution < 1.29 is 9.84 Å². The van der Waals surface area contributed by atoms with Crippen LogP contribution in [0, 0.1) is 5.92 Å². The molecule has 0 unspecified atom stereocenters. The molecule has 0 bridgehead atoms. The zero-order valence-electron chi connectivity index (χ0n) is 8.67. The van der Waals surface area contributed by atoms with Crippen molar-refractivity contribution in [1.82, 2.24) is 0 Å². The number of benzene rings is 1. The van der Waals surface area contributed by atoms with Crippen LogP contribution in [0.5, 0.6) is 0 Å². The van der Waals surface area contributed by atoms with Gasteiger partial charge < -0.3 is 9.84 Å². The largest absolute Gasteiger partial charge is 0.389 e. The third-order valence-electron chi connectivity index (χ3n) is 2.59. The van der Waals surface area contributed by atoms with Crippen LogP contribution in [0.2, 0.25) is 0 Å². The molecule has 0 fully saturated rings. The van der Waals surface area contributed by atoms with Gasteiger partial charge in [-0.25, -0.2) is 0 Å². The second-order valence-electron chi connectivity index (χ2n) is 3.95. The van der Waals surface area contributed by atoms with Crippen LogP contribution in [-0.4, -0.2) is 17.8 Å². The summed E-state index contributed by atoms with van der Waals surface area (Å²) >= 11 is 0. The molecule has 2 rings (SSSR count). The summed E-state index contributed by atoms with van der Waals surface area (Å²) in [5, 5.41) is 9.27. The fourth-order valence-corrected chi connectivity index (χ4v) is 1.78. The van der Waals surface area contributed by atoms with Crippen molar-refractivity contribution >= 4 is 0 Å². The van der Waals surface area contributed by atoms with Crippen molar-refractivity contribution in [3.05, 3.63) is 48.0 Å². The minimum absolute atomic E-state index is 0.268. The molecule has 2 atom stereocenters. The minimum atomic E-state index is -0.268. The van der Waals surface area contributed by atoms with E-state index in [-0.39, 0.29) is 6.10 Å². The van der Waals surface area contributed by atoms with Gasteiger partial charge in [-0.15, -0.1) is 0 Å². The van der Waals surface area contributed by atoms with Crippen LogP contribution in [0.4, 0.5) is 0 Å². The fourth-order valence-electron chi connectivity index (χ4n) is 1.78. The Hall–Kier alpha value is -1.12. The van der Waals surface area contributed by atoms with E-state index in [4.69, 9.17) is 4.74 Å². The average Bonchev–Trinajstić information content (AvgIpc) is 2.66. The molecule has 1 N–H and O–H groups in total.